The highest BCUT2D eigenvalue weighted by Crippen LogP contribution is 2.40. The standard InChI is InChI=1S/C23H28FNO4/c1-27-19-14-16(15-20(28-2)22(19)29-3)6-11-21(26)25-23(12-4-5-13-23)17-7-9-18(24)10-8-17/h7-10,14-15H,4-6,11-13H2,1-3H3,(H,25,26). The van der Waals surface area contributed by atoms with Crippen LogP contribution in [0.2, 0.25) is 0 Å². The van der Waals surface area contributed by atoms with Gasteiger partial charge in [-0.05, 0) is 54.7 Å². The minimum absolute atomic E-state index is 0.0232. The summed E-state index contributed by atoms with van der Waals surface area (Å²) in [5.74, 6) is 1.38. The molecule has 0 bridgehead atoms. The fourth-order valence-corrected chi connectivity index (χ4v) is 4.10. The number of carbonyl (C=O) groups excluding carboxylic acids is 1. The van der Waals surface area contributed by atoms with E-state index in [4.69, 9.17) is 14.2 Å². The summed E-state index contributed by atoms with van der Waals surface area (Å²) in [4.78, 5) is 12.8. The summed E-state index contributed by atoms with van der Waals surface area (Å²) in [5.41, 5.74) is 1.49. The van der Waals surface area contributed by atoms with Crippen molar-refractivity contribution in [3.63, 3.8) is 0 Å². The lowest BCUT2D eigenvalue weighted by Crippen LogP contribution is -2.43. The zero-order valence-corrected chi connectivity index (χ0v) is 17.2. The lowest BCUT2D eigenvalue weighted by Gasteiger charge is -2.31. The van der Waals surface area contributed by atoms with Crippen LogP contribution in [0.25, 0.3) is 0 Å². The second kappa shape index (κ2) is 9.16. The SMILES string of the molecule is COc1cc(CCC(=O)NC2(c3ccc(F)cc3)CCCC2)cc(OC)c1OC. The van der Waals surface area contributed by atoms with E-state index in [1.165, 1.54) is 12.1 Å². The Labute approximate surface area is 171 Å². The van der Waals surface area contributed by atoms with Gasteiger partial charge in [0.05, 0.1) is 26.9 Å². The number of nitrogens with one attached hydrogen (secondary N) is 1. The molecule has 0 atom stereocenters. The van der Waals surface area contributed by atoms with Gasteiger partial charge in [-0.1, -0.05) is 25.0 Å². The highest BCUT2D eigenvalue weighted by molar-refractivity contribution is 5.77. The van der Waals surface area contributed by atoms with E-state index in [0.29, 0.717) is 30.1 Å². The number of aryl methyl sites for hydroxylation is 1. The third-order valence-electron chi connectivity index (χ3n) is 5.60. The molecule has 0 aliphatic heterocycles. The number of rotatable bonds is 8. The van der Waals surface area contributed by atoms with E-state index >= 15 is 0 Å². The quantitative estimate of drug-likeness (QED) is 0.714. The molecule has 1 N–H and O–H groups in total. The molecule has 2 aromatic carbocycles. The molecule has 1 aliphatic carbocycles. The number of hydrogen-bond acceptors (Lipinski definition) is 4. The molecular weight excluding hydrogens is 373 g/mol. The van der Waals surface area contributed by atoms with E-state index in [0.717, 1.165) is 36.8 Å². The molecule has 0 unspecified atom stereocenters. The summed E-state index contributed by atoms with van der Waals surface area (Å²) in [5, 5.41) is 3.23. The molecular formula is C23H28FNO4. The third-order valence-corrected chi connectivity index (χ3v) is 5.60. The van der Waals surface area contributed by atoms with Gasteiger partial charge in [-0.25, -0.2) is 4.39 Å². The van der Waals surface area contributed by atoms with Gasteiger partial charge in [-0.15, -0.1) is 0 Å². The Bertz CT molecular complexity index is 819. The van der Waals surface area contributed by atoms with Gasteiger partial charge in [-0.2, -0.15) is 0 Å². The van der Waals surface area contributed by atoms with Crippen LogP contribution in [0.3, 0.4) is 0 Å². The Morgan fingerprint density at radius 1 is 1.00 bits per heavy atom. The Morgan fingerprint density at radius 3 is 2.10 bits per heavy atom. The monoisotopic (exact) mass is 401 g/mol. The first-order chi connectivity index (χ1) is 14.0. The maximum atomic E-state index is 13.3. The van der Waals surface area contributed by atoms with E-state index in [1.54, 1.807) is 33.5 Å². The summed E-state index contributed by atoms with van der Waals surface area (Å²) < 4.78 is 29.4. The number of methoxy groups -OCH3 is 3. The van der Waals surface area contributed by atoms with Crippen LogP contribution in [0.15, 0.2) is 36.4 Å². The lowest BCUT2D eigenvalue weighted by atomic mass is 9.88. The van der Waals surface area contributed by atoms with Crippen LogP contribution in [0.5, 0.6) is 17.2 Å². The summed E-state index contributed by atoms with van der Waals surface area (Å²) in [7, 11) is 4.70. The molecule has 1 fully saturated rings. The smallest absolute Gasteiger partial charge is 0.221 e. The number of carbonyl (C=O) groups is 1. The molecule has 6 heteroatoms. The summed E-state index contributed by atoms with van der Waals surface area (Å²) in [6.45, 7) is 0. The number of hydrogen-bond donors (Lipinski definition) is 1. The van der Waals surface area contributed by atoms with Crippen LogP contribution in [0, 0.1) is 5.82 Å². The second-order valence-electron chi connectivity index (χ2n) is 7.38. The van der Waals surface area contributed by atoms with E-state index in [1.807, 2.05) is 12.1 Å². The number of benzene rings is 2. The fraction of sp³-hybridized carbons (Fsp3) is 0.435. The Morgan fingerprint density at radius 2 is 1.59 bits per heavy atom. The van der Waals surface area contributed by atoms with Gasteiger partial charge in [-0.3, -0.25) is 4.79 Å². The predicted octanol–water partition coefficient (Wildman–Crippen LogP) is 4.37. The molecule has 0 saturated heterocycles. The maximum Gasteiger partial charge on any atom is 0.221 e. The summed E-state index contributed by atoms with van der Waals surface area (Å²) in [6.07, 6.45) is 4.71. The first kappa shape index (κ1) is 21.0. The second-order valence-corrected chi connectivity index (χ2v) is 7.38. The Balaban J connectivity index is 1.71. The van der Waals surface area contributed by atoms with Crippen LogP contribution in [0.4, 0.5) is 4.39 Å². The van der Waals surface area contributed by atoms with Gasteiger partial charge in [0, 0.05) is 6.42 Å². The van der Waals surface area contributed by atoms with Crippen LogP contribution < -0.4 is 19.5 Å². The number of halogens is 1. The highest BCUT2D eigenvalue weighted by atomic mass is 19.1. The first-order valence-corrected chi connectivity index (χ1v) is 9.87. The molecule has 1 aliphatic rings. The minimum atomic E-state index is -0.403. The topological polar surface area (TPSA) is 56.8 Å². The molecule has 0 aromatic heterocycles. The number of ether oxygens (including phenoxy) is 3. The molecule has 3 rings (SSSR count). The van der Waals surface area contributed by atoms with Crippen molar-refractivity contribution in [2.24, 2.45) is 0 Å². The van der Waals surface area contributed by atoms with Gasteiger partial charge < -0.3 is 19.5 Å². The van der Waals surface area contributed by atoms with Gasteiger partial charge in [0.15, 0.2) is 11.5 Å². The van der Waals surface area contributed by atoms with E-state index in [2.05, 4.69) is 5.32 Å². The van der Waals surface area contributed by atoms with Crippen molar-refractivity contribution in [1.29, 1.82) is 0 Å². The molecule has 0 radical (unpaired) electrons. The van der Waals surface area contributed by atoms with Crippen LogP contribution in [0.1, 0.15) is 43.2 Å². The van der Waals surface area contributed by atoms with Crippen LogP contribution in [-0.4, -0.2) is 27.2 Å². The molecule has 5 nitrogen and oxygen atoms in total. The van der Waals surface area contributed by atoms with Crippen molar-refractivity contribution in [3.05, 3.63) is 53.3 Å². The molecule has 29 heavy (non-hydrogen) atoms. The minimum Gasteiger partial charge on any atom is -0.493 e. The van der Waals surface area contributed by atoms with Crippen LogP contribution in [-0.2, 0) is 16.8 Å². The average Bonchev–Trinajstić information content (AvgIpc) is 3.21. The van der Waals surface area contributed by atoms with Gasteiger partial charge >= 0.3 is 0 Å². The lowest BCUT2D eigenvalue weighted by molar-refractivity contribution is -0.123. The highest BCUT2D eigenvalue weighted by Gasteiger charge is 2.36. The van der Waals surface area contributed by atoms with Crippen molar-refractivity contribution in [3.8, 4) is 17.2 Å². The molecule has 0 spiro atoms. The average molecular weight is 401 g/mol. The normalized spacial score (nSPS) is 15.0. The fourth-order valence-electron chi connectivity index (χ4n) is 4.10. The molecule has 156 valence electrons. The van der Waals surface area contributed by atoms with Gasteiger partial charge in [0.1, 0.15) is 5.82 Å². The Kier molecular flexibility index (Phi) is 6.62. The first-order valence-electron chi connectivity index (χ1n) is 9.87. The zero-order chi connectivity index (χ0) is 20.9. The Hall–Kier alpha value is -2.76. The molecule has 0 heterocycles. The summed E-state index contributed by atoms with van der Waals surface area (Å²) >= 11 is 0. The van der Waals surface area contributed by atoms with Gasteiger partial charge in [0.2, 0.25) is 11.7 Å². The van der Waals surface area contributed by atoms with E-state index < -0.39 is 5.54 Å². The van der Waals surface area contributed by atoms with Crippen molar-refractivity contribution >= 4 is 5.91 Å². The predicted molar refractivity (Wildman–Crippen MR) is 109 cm³/mol. The molecule has 1 amide bonds. The van der Waals surface area contributed by atoms with Gasteiger partial charge in [0.25, 0.3) is 0 Å². The third kappa shape index (κ3) is 4.63. The zero-order valence-electron chi connectivity index (χ0n) is 17.2. The number of amides is 1. The largest absolute Gasteiger partial charge is 0.493 e. The molecule has 2 aromatic rings. The van der Waals surface area contributed by atoms with E-state index in [-0.39, 0.29) is 11.7 Å². The molecule has 1 saturated carbocycles. The van der Waals surface area contributed by atoms with E-state index in [9.17, 15) is 9.18 Å². The van der Waals surface area contributed by atoms with Crippen molar-refractivity contribution in [2.45, 2.75) is 44.1 Å². The van der Waals surface area contributed by atoms with Crippen molar-refractivity contribution in [1.82, 2.24) is 5.32 Å². The van der Waals surface area contributed by atoms with Crippen molar-refractivity contribution in [2.75, 3.05) is 21.3 Å². The summed E-state index contributed by atoms with van der Waals surface area (Å²) in [6, 6.07) is 10.2. The van der Waals surface area contributed by atoms with Crippen LogP contribution >= 0.6 is 0 Å². The van der Waals surface area contributed by atoms with Crippen molar-refractivity contribution < 1.29 is 23.4 Å². The maximum absolute atomic E-state index is 13.3.